The minimum Gasteiger partial charge on any atom is -0.497 e. The number of ether oxygens (including phenoxy) is 1. The molecule has 1 aromatic carbocycles. The number of nitrogens with zero attached hydrogens (tertiary/aromatic N) is 1. The number of rotatable bonds is 8. The van der Waals surface area contributed by atoms with E-state index in [1.807, 2.05) is 13.8 Å². The van der Waals surface area contributed by atoms with Gasteiger partial charge in [-0.2, -0.15) is 0 Å². The molecular weight excluding hydrogens is 282 g/mol. The van der Waals surface area contributed by atoms with Crippen LogP contribution in [0.1, 0.15) is 26.7 Å². The third-order valence-electron chi connectivity index (χ3n) is 3.24. The van der Waals surface area contributed by atoms with Gasteiger partial charge in [-0.25, -0.2) is 0 Å². The van der Waals surface area contributed by atoms with Crippen molar-refractivity contribution in [3.63, 3.8) is 0 Å². The zero-order chi connectivity index (χ0) is 16.5. The van der Waals surface area contributed by atoms with Crippen molar-refractivity contribution in [1.82, 2.24) is 4.90 Å². The van der Waals surface area contributed by atoms with E-state index in [1.165, 1.54) is 4.90 Å². The maximum atomic E-state index is 12.1. The third kappa shape index (κ3) is 6.13. The molecule has 122 valence electrons. The van der Waals surface area contributed by atoms with Crippen molar-refractivity contribution in [3.8, 4) is 5.75 Å². The molecule has 1 atom stereocenters. The lowest BCUT2D eigenvalue weighted by atomic mass is 10.2. The van der Waals surface area contributed by atoms with Gasteiger partial charge in [-0.1, -0.05) is 6.07 Å². The molecule has 1 unspecified atom stereocenters. The summed E-state index contributed by atoms with van der Waals surface area (Å²) in [5.41, 5.74) is 6.29. The fourth-order valence-electron chi connectivity index (χ4n) is 1.96. The van der Waals surface area contributed by atoms with Crippen LogP contribution < -0.4 is 15.8 Å². The van der Waals surface area contributed by atoms with Crippen LogP contribution in [0.5, 0.6) is 5.75 Å². The fourth-order valence-corrected chi connectivity index (χ4v) is 1.96. The van der Waals surface area contributed by atoms with Crippen LogP contribution in [-0.2, 0) is 9.59 Å². The Hall–Kier alpha value is -2.08. The summed E-state index contributed by atoms with van der Waals surface area (Å²) in [6, 6.07) is 7.07. The van der Waals surface area contributed by atoms with E-state index in [1.54, 1.807) is 31.4 Å². The molecule has 3 N–H and O–H groups in total. The Morgan fingerprint density at radius 1 is 1.41 bits per heavy atom. The summed E-state index contributed by atoms with van der Waals surface area (Å²) in [5.74, 6) is 0.378. The van der Waals surface area contributed by atoms with Crippen molar-refractivity contribution >= 4 is 17.5 Å². The first-order valence-corrected chi connectivity index (χ1v) is 7.43. The van der Waals surface area contributed by atoms with Gasteiger partial charge in [0.1, 0.15) is 5.75 Å². The van der Waals surface area contributed by atoms with Crippen molar-refractivity contribution < 1.29 is 14.3 Å². The first-order valence-electron chi connectivity index (χ1n) is 7.43. The molecule has 0 saturated heterocycles. The predicted octanol–water partition coefficient (Wildman–Crippen LogP) is 1.61. The number of carbonyl (C=O) groups is 2. The van der Waals surface area contributed by atoms with Gasteiger partial charge in [0.25, 0.3) is 0 Å². The van der Waals surface area contributed by atoms with E-state index >= 15 is 0 Å². The van der Waals surface area contributed by atoms with Crippen molar-refractivity contribution in [2.75, 3.05) is 25.5 Å². The molecule has 2 amide bonds. The highest BCUT2D eigenvalue weighted by molar-refractivity contribution is 5.94. The summed E-state index contributed by atoms with van der Waals surface area (Å²) < 4.78 is 5.10. The van der Waals surface area contributed by atoms with Crippen molar-refractivity contribution in [2.45, 2.75) is 32.7 Å². The molecule has 0 bridgehead atoms. The second kappa shape index (κ2) is 9.04. The number of likely N-dealkylation sites (N-methyl/N-ethyl adjacent to an activating group) is 1. The van der Waals surface area contributed by atoms with E-state index in [4.69, 9.17) is 10.5 Å². The molecule has 0 aliphatic heterocycles. The smallest absolute Gasteiger partial charge is 0.243 e. The van der Waals surface area contributed by atoms with Gasteiger partial charge in [-0.05, 0) is 32.4 Å². The van der Waals surface area contributed by atoms with Gasteiger partial charge in [-0.3, -0.25) is 9.59 Å². The van der Waals surface area contributed by atoms with Crippen LogP contribution in [0.4, 0.5) is 5.69 Å². The molecule has 1 rings (SSSR count). The first kappa shape index (κ1) is 18.0. The number of anilines is 1. The zero-order valence-electron chi connectivity index (χ0n) is 13.5. The maximum absolute atomic E-state index is 12.1. The highest BCUT2D eigenvalue weighted by Crippen LogP contribution is 2.16. The van der Waals surface area contributed by atoms with Gasteiger partial charge in [0, 0.05) is 30.8 Å². The lowest BCUT2D eigenvalue weighted by Gasteiger charge is -2.21. The molecule has 0 aliphatic carbocycles. The number of hydrogen-bond donors (Lipinski definition) is 2. The Bertz CT molecular complexity index is 503. The van der Waals surface area contributed by atoms with E-state index in [9.17, 15) is 9.59 Å². The SMILES string of the molecule is CCN(CC(=O)Nc1cccc(OC)c1)C(=O)CCC(C)N. The molecule has 0 spiro atoms. The lowest BCUT2D eigenvalue weighted by molar-refractivity contribution is -0.134. The third-order valence-corrected chi connectivity index (χ3v) is 3.24. The van der Waals surface area contributed by atoms with Crippen LogP contribution in [0, 0.1) is 0 Å². The van der Waals surface area contributed by atoms with E-state index in [0.717, 1.165) is 0 Å². The van der Waals surface area contributed by atoms with Gasteiger partial charge in [0.2, 0.25) is 11.8 Å². The molecule has 0 fully saturated rings. The van der Waals surface area contributed by atoms with Crippen LogP contribution in [0.15, 0.2) is 24.3 Å². The molecule has 22 heavy (non-hydrogen) atoms. The number of carbonyl (C=O) groups excluding carboxylic acids is 2. The van der Waals surface area contributed by atoms with Crippen molar-refractivity contribution in [2.24, 2.45) is 5.73 Å². The fraction of sp³-hybridized carbons (Fsp3) is 0.500. The van der Waals surface area contributed by atoms with E-state index < -0.39 is 0 Å². The second-order valence-corrected chi connectivity index (χ2v) is 5.20. The highest BCUT2D eigenvalue weighted by atomic mass is 16.5. The number of nitrogens with two attached hydrogens (primary N) is 1. The Balaban J connectivity index is 2.55. The standard InChI is InChI=1S/C16H25N3O3/c1-4-19(16(21)9-8-12(2)17)11-15(20)18-13-6-5-7-14(10-13)22-3/h5-7,10,12H,4,8-9,11,17H2,1-3H3,(H,18,20). The molecule has 1 aromatic rings. The first-order chi connectivity index (χ1) is 10.5. The lowest BCUT2D eigenvalue weighted by Crippen LogP contribution is -2.38. The number of nitrogens with one attached hydrogen (secondary N) is 1. The van der Waals surface area contributed by atoms with E-state index in [2.05, 4.69) is 5.32 Å². The van der Waals surface area contributed by atoms with Crippen LogP contribution in [-0.4, -0.2) is 43.0 Å². The van der Waals surface area contributed by atoms with Gasteiger partial charge in [0.15, 0.2) is 0 Å². The molecular formula is C16H25N3O3. The van der Waals surface area contributed by atoms with Crippen molar-refractivity contribution in [3.05, 3.63) is 24.3 Å². The van der Waals surface area contributed by atoms with Crippen LogP contribution in [0.2, 0.25) is 0 Å². The molecule has 0 saturated carbocycles. The topological polar surface area (TPSA) is 84.7 Å². The summed E-state index contributed by atoms with van der Waals surface area (Å²) in [5, 5.41) is 2.76. The molecule has 6 heteroatoms. The maximum Gasteiger partial charge on any atom is 0.243 e. The predicted molar refractivity (Wildman–Crippen MR) is 86.8 cm³/mol. The van der Waals surface area contributed by atoms with E-state index in [-0.39, 0.29) is 24.4 Å². The minimum atomic E-state index is -0.232. The van der Waals surface area contributed by atoms with Gasteiger partial charge in [0.05, 0.1) is 13.7 Å². The molecule has 0 heterocycles. The van der Waals surface area contributed by atoms with Gasteiger partial charge >= 0.3 is 0 Å². The zero-order valence-corrected chi connectivity index (χ0v) is 13.5. The Kier molecular flexibility index (Phi) is 7.39. The second-order valence-electron chi connectivity index (χ2n) is 5.20. The normalized spacial score (nSPS) is 11.6. The van der Waals surface area contributed by atoms with Crippen molar-refractivity contribution in [1.29, 1.82) is 0 Å². The van der Waals surface area contributed by atoms with Crippen LogP contribution in [0.25, 0.3) is 0 Å². The minimum absolute atomic E-state index is 0.0201. The van der Waals surface area contributed by atoms with Crippen LogP contribution in [0.3, 0.4) is 0 Å². The summed E-state index contributed by atoms with van der Waals surface area (Å²) in [6.45, 7) is 4.23. The Labute approximate surface area is 131 Å². The number of methoxy groups -OCH3 is 1. The summed E-state index contributed by atoms with van der Waals surface area (Å²) in [7, 11) is 1.57. The summed E-state index contributed by atoms with van der Waals surface area (Å²) >= 11 is 0. The monoisotopic (exact) mass is 307 g/mol. The van der Waals surface area contributed by atoms with E-state index in [0.29, 0.717) is 30.8 Å². The number of hydrogen-bond acceptors (Lipinski definition) is 4. The summed E-state index contributed by atoms with van der Waals surface area (Å²) in [6.07, 6.45) is 0.977. The summed E-state index contributed by atoms with van der Waals surface area (Å²) in [4.78, 5) is 25.6. The Morgan fingerprint density at radius 3 is 2.73 bits per heavy atom. The quantitative estimate of drug-likeness (QED) is 0.764. The van der Waals surface area contributed by atoms with Crippen LogP contribution >= 0.6 is 0 Å². The molecule has 6 nitrogen and oxygen atoms in total. The molecule has 0 radical (unpaired) electrons. The van der Waals surface area contributed by atoms with Gasteiger partial charge < -0.3 is 20.7 Å². The average Bonchev–Trinajstić information content (AvgIpc) is 2.50. The number of benzene rings is 1. The van der Waals surface area contributed by atoms with Gasteiger partial charge in [-0.15, -0.1) is 0 Å². The Morgan fingerprint density at radius 2 is 2.14 bits per heavy atom. The number of amides is 2. The molecule has 0 aliphatic rings. The molecule has 0 aromatic heterocycles. The largest absolute Gasteiger partial charge is 0.497 e. The highest BCUT2D eigenvalue weighted by Gasteiger charge is 2.16. The average molecular weight is 307 g/mol.